The smallest absolute Gasteiger partial charge is 0.342 e. The summed E-state index contributed by atoms with van der Waals surface area (Å²) in [6, 6.07) is 10.2. The minimum absolute atomic E-state index is 0.00156. The van der Waals surface area contributed by atoms with Crippen LogP contribution in [0.1, 0.15) is 24.5 Å². The monoisotopic (exact) mass is 348 g/mol. The van der Waals surface area contributed by atoms with Crippen molar-refractivity contribution in [1.29, 1.82) is 0 Å². The number of carbonyl (C=O) groups is 2. The van der Waals surface area contributed by atoms with E-state index in [9.17, 15) is 22.8 Å². The molecule has 0 aliphatic rings. The van der Waals surface area contributed by atoms with E-state index in [-0.39, 0.29) is 24.2 Å². The highest BCUT2D eigenvalue weighted by molar-refractivity contribution is 6.20. The van der Waals surface area contributed by atoms with Crippen molar-refractivity contribution in [3.63, 3.8) is 0 Å². The molecule has 2 aromatic carbocycles. The molecule has 0 heterocycles. The third-order valence-electron chi connectivity index (χ3n) is 3.37. The molecule has 130 valence electrons. The molecule has 3 nitrogen and oxygen atoms in total. The van der Waals surface area contributed by atoms with Crippen LogP contribution in [-0.4, -0.2) is 11.8 Å². The number of esters is 1. The first-order valence-corrected chi connectivity index (χ1v) is 7.52. The Morgan fingerprint density at radius 1 is 1.04 bits per heavy atom. The fourth-order valence-electron chi connectivity index (χ4n) is 2.07. The standard InChI is InChI=1S/C19H15F3O3/c1-2-17(23)14(8-13-9-15(20)18(22)16(21)10-13)19(24)25-11-12-6-4-3-5-7-12/h3-10H,2,11H2,1H3. The summed E-state index contributed by atoms with van der Waals surface area (Å²) in [7, 11) is 0. The maximum absolute atomic E-state index is 13.3. The molecule has 0 aliphatic heterocycles. The summed E-state index contributed by atoms with van der Waals surface area (Å²) in [6.07, 6.45) is 0.989. The van der Waals surface area contributed by atoms with Crippen molar-refractivity contribution in [1.82, 2.24) is 0 Å². The van der Waals surface area contributed by atoms with E-state index in [1.54, 1.807) is 30.3 Å². The lowest BCUT2D eigenvalue weighted by molar-refractivity contribution is -0.141. The van der Waals surface area contributed by atoms with Gasteiger partial charge in [0.2, 0.25) is 0 Å². The van der Waals surface area contributed by atoms with E-state index in [1.165, 1.54) is 6.92 Å². The molecule has 2 aromatic rings. The van der Waals surface area contributed by atoms with Gasteiger partial charge in [-0.05, 0) is 29.3 Å². The van der Waals surface area contributed by atoms with E-state index in [0.717, 1.165) is 11.6 Å². The Bertz CT molecular complexity index is 791. The highest BCUT2D eigenvalue weighted by atomic mass is 19.2. The number of carbonyl (C=O) groups excluding carboxylic acids is 2. The van der Waals surface area contributed by atoms with Gasteiger partial charge in [0, 0.05) is 6.42 Å². The zero-order chi connectivity index (χ0) is 18.4. The van der Waals surface area contributed by atoms with Gasteiger partial charge in [0.25, 0.3) is 0 Å². The first kappa shape index (κ1) is 18.4. The lowest BCUT2D eigenvalue weighted by Crippen LogP contribution is -2.15. The van der Waals surface area contributed by atoms with Crippen molar-refractivity contribution in [2.45, 2.75) is 20.0 Å². The summed E-state index contributed by atoms with van der Waals surface area (Å²) < 4.78 is 44.7. The van der Waals surface area contributed by atoms with Gasteiger partial charge in [0.15, 0.2) is 23.2 Å². The lowest BCUT2D eigenvalue weighted by Gasteiger charge is -2.08. The lowest BCUT2D eigenvalue weighted by atomic mass is 10.1. The van der Waals surface area contributed by atoms with Crippen molar-refractivity contribution < 1.29 is 27.5 Å². The molecule has 25 heavy (non-hydrogen) atoms. The second kappa shape index (κ2) is 8.28. The van der Waals surface area contributed by atoms with Gasteiger partial charge in [-0.2, -0.15) is 0 Å². The molecular weight excluding hydrogens is 333 g/mol. The number of hydrogen-bond donors (Lipinski definition) is 0. The van der Waals surface area contributed by atoms with E-state index in [1.807, 2.05) is 0 Å². The van der Waals surface area contributed by atoms with Gasteiger partial charge in [-0.15, -0.1) is 0 Å². The van der Waals surface area contributed by atoms with Crippen LogP contribution in [0.4, 0.5) is 13.2 Å². The Kier molecular flexibility index (Phi) is 6.11. The highest BCUT2D eigenvalue weighted by Gasteiger charge is 2.19. The first-order valence-electron chi connectivity index (χ1n) is 7.52. The van der Waals surface area contributed by atoms with Crippen LogP contribution in [0.2, 0.25) is 0 Å². The van der Waals surface area contributed by atoms with Gasteiger partial charge in [0.05, 0.1) is 0 Å². The fraction of sp³-hybridized carbons (Fsp3) is 0.158. The molecule has 0 saturated heterocycles. The van der Waals surface area contributed by atoms with E-state index in [0.29, 0.717) is 12.1 Å². The average molecular weight is 348 g/mol. The summed E-state index contributed by atoms with van der Waals surface area (Å²) in [6.45, 7) is 1.48. The molecule has 0 N–H and O–H groups in total. The van der Waals surface area contributed by atoms with E-state index < -0.39 is 29.2 Å². The summed E-state index contributed by atoms with van der Waals surface area (Å²) in [5.41, 5.74) is 0.215. The predicted octanol–water partition coefficient (Wildman–Crippen LogP) is 4.21. The maximum atomic E-state index is 13.3. The Hall–Kier alpha value is -2.89. The Morgan fingerprint density at radius 2 is 1.64 bits per heavy atom. The summed E-state index contributed by atoms with van der Waals surface area (Å²) >= 11 is 0. The summed E-state index contributed by atoms with van der Waals surface area (Å²) in [5, 5.41) is 0. The highest BCUT2D eigenvalue weighted by Crippen LogP contribution is 2.18. The molecule has 0 bridgehead atoms. The zero-order valence-electron chi connectivity index (χ0n) is 13.4. The molecule has 0 amide bonds. The Morgan fingerprint density at radius 3 is 2.20 bits per heavy atom. The second-order valence-electron chi connectivity index (χ2n) is 5.20. The van der Waals surface area contributed by atoms with Gasteiger partial charge in [0.1, 0.15) is 12.2 Å². The number of benzene rings is 2. The quantitative estimate of drug-likeness (QED) is 0.258. The molecular formula is C19H15F3O3. The number of Topliss-reactive ketones (excluding diaryl/α,β-unsaturated/α-hetero) is 1. The fourth-order valence-corrected chi connectivity index (χ4v) is 2.07. The molecule has 0 aromatic heterocycles. The molecule has 0 atom stereocenters. The SMILES string of the molecule is CCC(=O)C(=Cc1cc(F)c(F)c(F)c1)C(=O)OCc1ccccc1. The third kappa shape index (κ3) is 4.79. The third-order valence-corrected chi connectivity index (χ3v) is 3.37. The molecule has 0 radical (unpaired) electrons. The minimum Gasteiger partial charge on any atom is -0.457 e. The number of hydrogen-bond acceptors (Lipinski definition) is 3. The molecule has 0 spiro atoms. The predicted molar refractivity (Wildman–Crippen MR) is 85.8 cm³/mol. The zero-order valence-corrected chi connectivity index (χ0v) is 13.4. The molecule has 0 unspecified atom stereocenters. The maximum Gasteiger partial charge on any atom is 0.342 e. The minimum atomic E-state index is -1.62. The van der Waals surface area contributed by atoms with E-state index >= 15 is 0 Å². The van der Waals surface area contributed by atoms with Gasteiger partial charge in [-0.3, -0.25) is 4.79 Å². The summed E-state index contributed by atoms with van der Waals surface area (Å²) in [4.78, 5) is 24.2. The van der Waals surface area contributed by atoms with Crippen LogP contribution < -0.4 is 0 Å². The molecule has 0 saturated carbocycles. The second-order valence-corrected chi connectivity index (χ2v) is 5.20. The molecule has 6 heteroatoms. The largest absolute Gasteiger partial charge is 0.457 e. The molecule has 0 fully saturated rings. The van der Waals surface area contributed by atoms with Crippen molar-refractivity contribution >= 4 is 17.8 Å². The van der Waals surface area contributed by atoms with Crippen LogP contribution in [0.3, 0.4) is 0 Å². The number of rotatable bonds is 6. The number of halogens is 3. The van der Waals surface area contributed by atoms with Crippen LogP contribution in [0.15, 0.2) is 48.0 Å². The number of ether oxygens (including phenoxy) is 1. The Balaban J connectivity index is 2.26. The van der Waals surface area contributed by atoms with Gasteiger partial charge in [-0.25, -0.2) is 18.0 Å². The van der Waals surface area contributed by atoms with Gasteiger partial charge < -0.3 is 4.74 Å². The van der Waals surface area contributed by atoms with Crippen molar-refractivity contribution in [2.24, 2.45) is 0 Å². The molecule has 0 aliphatic carbocycles. The van der Waals surface area contributed by atoms with Crippen LogP contribution in [0, 0.1) is 17.5 Å². The van der Waals surface area contributed by atoms with E-state index in [2.05, 4.69) is 0 Å². The Labute approximate surface area is 142 Å². The normalized spacial score (nSPS) is 11.3. The van der Waals surface area contributed by atoms with Crippen molar-refractivity contribution in [2.75, 3.05) is 0 Å². The molecule has 2 rings (SSSR count). The van der Waals surface area contributed by atoms with Gasteiger partial charge in [-0.1, -0.05) is 37.3 Å². The first-order chi connectivity index (χ1) is 11.9. The van der Waals surface area contributed by atoms with Crippen LogP contribution in [-0.2, 0) is 20.9 Å². The van der Waals surface area contributed by atoms with Gasteiger partial charge >= 0.3 is 5.97 Å². The number of ketones is 1. The van der Waals surface area contributed by atoms with Crippen molar-refractivity contribution in [3.05, 3.63) is 76.6 Å². The van der Waals surface area contributed by atoms with Crippen LogP contribution >= 0.6 is 0 Å². The van der Waals surface area contributed by atoms with E-state index in [4.69, 9.17) is 4.74 Å². The van der Waals surface area contributed by atoms with Crippen LogP contribution in [0.5, 0.6) is 0 Å². The summed E-state index contributed by atoms with van der Waals surface area (Å²) in [5.74, 6) is -5.91. The topological polar surface area (TPSA) is 43.4 Å². The van der Waals surface area contributed by atoms with Crippen molar-refractivity contribution in [3.8, 4) is 0 Å². The van der Waals surface area contributed by atoms with Crippen LogP contribution in [0.25, 0.3) is 6.08 Å². The average Bonchev–Trinajstić information content (AvgIpc) is 2.62.